The van der Waals surface area contributed by atoms with Gasteiger partial charge in [0.15, 0.2) is 4.77 Å². The molecule has 0 saturated carbocycles. The van der Waals surface area contributed by atoms with Crippen molar-refractivity contribution in [2.24, 2.45) is 0 Å². The third-order valence-corrected chi connectivity index (χ3v) is 1.62. The number of nitrogens with zero attached hydrogens (tertiary/aromatic N) is 1. The molecular weight excluding hydrogens is 148 g/mol. The molecule has 1 aromatic rings. The average Bonchev–Trinajstić information content (AvgIpc) is 2.11. The highest BCUT2D eigenvalue weighted by Crippen LogP contribution is 2.15. The van der Waals surface area contributed by atoms with Gasteiger partial charge in [0.25, 0.3) is 0 Å². The van der Waals surface area contributed by atoms with Crippen molar-refractivity contribution < 1.29 is 5.11 Å². The van der Waals surface area contributed by atoms with Crippen LogP contribution in [0.15, 0.2) is 6.20 Å². The molecule has 0 aliphatic carbocycles. The van der Waals surface area contributed by atoms with Gasteiger partial charge in [0.05, 0.1) is 6.20 Å². The summed E-state index contributed by atoms with van der Waals surface area (Å²) in [6, 6.07) is 0.207. The predicted molar refractivity (Wildman–Crippen MR) is 41.7 cm³/mol. The number of aromatic nitrogens is 2. The molecule has 1 heterocycles. The van der Waals surface area contributed by atoms with Crippen LogP contribution in [0.3, 0.4) is 0 Å². The fraction of sp³-hybridized carbons (Fsp3) is 0.500. The number of rotatable bonds is 1. The van der Waals surface area contributed by atoms with E-state index in [9.17, 15) is 0 Å². The van der Waals surface area contributed by atoms with E-state index in [2.05, 4.69) is 4.98 Å². The Morgan fingerprint density at radius 3 is 2.50 bits per heavy atom. The van der Waals surface area contributed by atoms with Crippen LogP contribution in [0, 0.1) is 4.77 Å². The number of H-pyrrole nitrogens is 1. The van der Waals surface area contributed by atoms with Crippen molar-refractivity contribution in [1.29, 1.82) is 0 Å². The summed E-state index contributed by atoms with van der Waals surface area (Å²) in [6.45, 7) is 3.92. The van der Waals surface area contributed by atoms with Crippen molar-refractivity contribution in [3.8, 4) is 5.88 Å². The lowest BCUT2D eigenvalue weighted by molar-refractivity contribution is 0.398. The number of aromatic hydroxyl groups is 1. The van der Waals surface area contributed by atoms with Crippen molar-refractivity contribution in [3.63, 3.8) is 0 Å². The Kier molecular flexibility index (Phi) is 1.80. The molecule has 0 aromatic carbocycles. The van der Waals surface area contributed by atoms with Crippen molar-refractivity contribution in [1.82, 2.24) is 9.55 Å². The lowest BCUT2D eigenvalue weighted by atomic mass is 10.4. The number of hydrogen-bond donors (Lipinski definition) is 2. The van der Waals surface area contributed by atoms with Crippen LogP contribution in [0.5, 0.6) is 5.88 Å². The number of hydrogen-bond acceptors (Lipinski definition) is 2. The van der Waals surface area contributed by atoms with Gasteiger partial charge in [-0.25, -0.2) is 0 Å². The van der Waals surface area contributed by atoms with Gasteiger partial charge in [-0.2, -0.15) is 0 Å². The molecular formula is C6H10N2OS. The van der Waals surface area contributed by atoms with E-state index in [1.165, 1.54) is 6.20 Å². The van der Waals surface area contributed by atoms with Gasteiger partial charge < -0.3 is 10.1 Å². The van der Waals surface area contributed by atoms with Crippen LogP contribution < -0.4 is 0 Å². The highest BCUT2D eigenvalue weighted by molar-refractivity contribution is 7.71. The first-order valence-corrected chi connectivity index (χ1v) is 3.52. The molecule has 0 atom stereocenters. The fourth-order valence-corrected chi connectivity index (χ4v) is 1.23. The van der Waals surface area contributed by atoms with Crippen LogP contribution in [-0.4, -0.2) is 14.7 Å². The standard InChI is InChI=1S/C6H10N2OS/c1-4(2)8-5(9)3-7-6(8)10/h3-4,9H,1-2H3,(H,7,10). The Bertz CT molecular complexity index is 274. The molecule has 0 unspecified atom stereocenters. The van der Waals surface area contributed by atoms with Crippen molar-refractivity contribution in [2.75, 3.05) is 0 Å². The molecule has 0 fully saturated rings. The lowest BCUT2D eigenvalue weighted by Gasteiger charge is -2.06. The van der Waals surface area contributed by atoms with E-state index in [1.807, 2.05) is 13.8 Å². The van der Waals surface area contributed by atoms with Gasteiger partial charge in [-0.3, -0.25) is 4.57 Å². The molecule has 1 aromatic heterocycles. The normalized spacial score (nSPS) is 10.7. The molecule has 3 nitrogen and oxygen atoms in total. The molecule has 10 heavy (non-hydrogen) atoms. The fourth-order valence-electron chi connectivity index (χ4n) is 0.868. The minimum atomic E-state index is 0.194. The lowest BCUT2D eigenvalue weighted by Crippen LogP contribution is -1.99. The molecule has 0 radical (unpaired) electrons. The van der Waals surface area contributed by atoms with Crippen molar-refractivity contribution in [3.05, 3.63) is 11.0 Å². The quantitative estimate of drug-likeness (QED) is 0.612. The van der Waals surface area contributed by atoms with Crippen LogP contribution in [0.1, 0.15) is 19.9 Å². The van der Waals surface area contributed by atoms with E-state index in [-0.39, 0.29) is 11.9 Å². The summed E-state index contributed by atoms with van der Waals surface area (Å²) in [5, 5.41) is 9.17. The van der Waals surface area contributed by atoms with Crippen LogP contribution in [0.2, 0.25) is 0 Å². The zero-order valence-corrected chi connectivity index (χ0v) is 6.77. The first-order chi connectivity index (χ1) is 4.63. The summed E-state index contributed by atoms with van der Waals surface area (Å²) in [5.41, 5.74) is 0. The predicted octanol–water partition coefficient (Wildman–Crippen LogP) is 1.83. The Morgan fingerprint density at radius 1 is 1.70 bits per heavy atom. The van der Waals surface area contributed by atoms with Crippen LogP contribution >= 0.6 is 12.2 Å². The Balaban J connectivity index is 3.23. The third-order valence-electron chi connectivity index (χ3n) is 1.31. The zero-order valence-electron chi connectivity index (χ0n) is 5.96. The smallest absolute Gasteiger partial charge is 0.210 e. The minimum absolute atomic E-state index is 0.194. The first kappa shape index (κ1) is 7.34. The zero-order chi connectivity index (χ0) is 7.72. The molecule has 56 valence electrons. The van der Waals surface area contributed by atoms with Crippen molar-refractivity contribution >= 4 is 12.2 Å². The first-order valence-electron chi connectivity index (χ1n) is 3.12. The molecule has 0 aliphatic rings. The molecule has 0 spiro atoms. The maximum atomic E-state index is 9.17. The van der Waals surface area contributed by atoms with Gasteiger partial charge >= 0.3 is 0 Å². The average molecular weight is 158 g/mol. The largest absolute Gasteiger partial charge is 0.493 e. The van der Waals surface area contributed by atoms with Gasteiger partial charge in [0.1, 0.15) is 0 Å². The summed E-state index contributed by atoms with van der Waals surface area (Å²) in [4.78, 5) is 2.75. The van der Waals surface area contributed by atoms with Gasteiger partial charge in [0, 0.05) is 6.04 Å². The van der Waals surface area contributed by atoms with Crippen molar-refractivity contribution in [2.45, 2.75) is 19.9 Å². The van der Waals surface area contributed by atoms with Gasteiger partial charge in [0.2, 0.25) is 5.88 Å². The molecule has 0 aliphatic heterocycles. The van der Waals surface area contributed by atoms with Gasteiger partial charge in [-0.1, -0.05) is 0 Å². The third kappa shape index (κ3) is 1.07. The molecule has 4 heteroatoms. The summed E-state index contributed by atoms with van der Waals surface area (Å²) >= 11 is 4.90. The topological polar surface area (TPSA) is 41.0 Å². The van der Waals surface area contributed by atoms with Crippen LogP contribution in [-0.2, 0) is 0 Å². The number of imidazole rings is 1. The molecule has 1 rings (SSSR count). The van der Waals surface area contributed by atoms with Gasteiger partial charge in [-0.05, 0) is 26.1 Å². The summed E-state index contributed by atoms with van der Waals surface area (Å²) in [7, 11) is 0. The number of nitrogens with one attached hydrogen (secondary N) is 1. The minimum Gasteiger partial charge on any atom is -0.493 e. The second-order valence-electron chi connectivity index (χ2n) is 2.42. The molecule has 0 saturated heterocycles. The van der Waals surface area contributed by atoms with Gasteiger partial charge in [-0.15, -0.1) is 0 Å². The number of aromatic amines is 1. The van der Waals surface area contributed by atoms with E-state index in [0.29, 0.717) is 4.77 Å². The Labute approximate surface area is 64.3 Å². The van der Waals surface area contributed by atoms with E-state index in [1.54, 1.807) is 4.57 Å². The highest BCUT2D eigenvalue weighted by Gasteiger charge is 2.03. The van der Waals surface area contributed by atoms with E-state index < -0.39 is 0 Å². The summed E-state index contributed by atoms with van der Waals surface area (Å²) in [6.07, 6.45) is 1.49. The SMILES string of the molecule is CC(C)n1c(O)c[nH]c1=S. The Morgan fingerprint density at radius 2 is 2.30 bits per heavy atom. The molecule has 0 amide bonds. The second-order valence-corrected chi connectivity index (χ2v) is 2.80. The van der Waals surface area contributed by atoms with E-state index in [4.69, 9.17) is 17.3 Å². The monoisotopic (exact) mass is 158 g/mol. The summed E-state index contributed by atoms with van der Waals surface area (Å²) < 4.78 is 2.21. The highest BCUT2D eigenvalue weighted by atomic mass is 32.1. The maximum absolute atomic E-state index is 9.17. The van der Waals surface area contributed by atoms with Crippen LogP contribution in [0.25, 0.3) is 0 Å². The Hall–Kier alpha value is -0.770. The van der Waals surface area contributed by atoms with E-state index >= 15 is 0 Å². The maximum Gasteiger partial charge on any atom is 0.210 e. The van der Waals surface area contributed by atoms with E-state index in [0.717, 1.165) is 0 Å². The van der Waals surface area contributed by atoms with Crippen LogP contribution in [0.4, 0.5) is 0 Å². The summed E-state index contributed by atoms with van der Waals surface area (Å²) in [5.74, 6) is 0.194. The molecule has 0 bridgehead atoms. The second kappa shape index (κ2) is 2.46. The molecule has 2 N–H and O–H groups in total.